The monoisotopic (exact) mass is 399 g/mol. The molecule has 1 aromatic carbocycles. The average molecular weight is 400 g/mol. The molecule has 1 saturated heterocycles. The second-order valence-electron chi connectivity index (χ2n) is 6.80. The smallest absolute Gasteiger partial charge is 0.229 e. The maximum Gasteiger partial charge on any atom is 0.229 e. The number of para-hydroxylation sites is 1. The van der Waals surface area contributed by atoms with Crippen LogP contribution in [0.3, 0.4) is 0 Å². The Morgan fingerprint density at radius 1 is 1.22 bits per heavy atom. The fourth-order valence-electron chi connectivity index (χ4n) is 3.70. The summed E-state index contributed by atoms with van der Waals surface area (Å²) in [6.07, 6.45) is 0.958. The van der Waals surface area contributed by atoms with Crippen LogP contribution in [0.25, 0.3) is 10.2 Å². The molecule has 1 atom stereocenters. The van der Waals surface area contributed by atoms with Crippen LogP contribution in [-0.2, 0) is 22.6 Å². The largest absolute Gasteiger partial charge is 0.375 e. The predicted octanol–water partition coefficient (Wildman–Crippen LogP) is 2.27. The van der Waals surface area contributed by atoms with E-state index in [4.69, 9.17) is 5.73 Å². The Morgan fingerprint density at radius 2 is 2.07 bits per heavy atom. The maximum absolute atomic E-state index is 13.0. The number of hydrogen-bond donors (Lipinski definition) is 1. The van der Waals surface area contributed by atoms with Gasteiger partial charge >= 0.3 is 0 Å². The van der Waals surface area contributed by atoms with Crippen LogP contribution in [0, 0.1) is 5.92 Å². The number of carbonyl (C=O) groups is 2. The molecular weight excluding hydrogens is 382 g/mol. The van der Waals surface area contributed by atoms with Crippen molar-refractivity contribution in [2.24, 2.45) is 5.92 Å². The van der Waals surface area contributed by atoms with Gasteiger partial charge in [-0.05, 0) is 12.1 Å². The van der Waals surface area contributed by atoms with Gasteiger partial charge in [0.1, 0.15) is 0 Å². The number of carbonyl (C=O) groups excluding carboxylic acids is 2. The number of hydrogen-bond acceptors (Lipinski definition) is 7. The standard InChI is InChI=1S/C18H17N5O2S2/c19-17-20-12-5-6-22(9-14(12)26-17)16(25)10-7-15(24)23(8-10)18-21-11-3-1-2-4-13(11)27-18/h1-4,10H,5-9H2,(H2,19,20). The van der Waals surface area contributed by atoms with Gasteiger partial charge in [-0.1, -0.05) is 23.5 Å². The van der Waals surface area contributed by atoms with Crippen molar-refractivity contribution in [3.8, 4) is 0 Å². The molecule has 0 radical (unpaired) electrons. The molecule has 2 N–H and O–H groups in total. The number of nitrogen functional groups attached to an aromatic ring is 1. The van der Waals surface area contributed by atoms with Gasteiger partial charge in [0, 0.05) is 30.8 Å². The van der Waals surface area contributed by atoms with Crippen LogP contribution in [0.1, 0.15) is 17.0 Å². The maximum atomic E-state index is 13.0. The minimum Gasteiger partial charge on any atom is -0.375 e. The zero-order chi connectivity index (χ0) is 18.5. The highest BCUT2D eigenvalue weighted by atomic mass is 32.1. The topological polar surface area (TPSA) is 92.4 Å². The van der Waals surface area contributed by atoms with Gasteiger partial charge in [-0.15, -0.1) is 11.3 Å². The second-order valence-corrected chi connectivity index (χ2v) is 8.93. The fraction of sp³-hybridized carbons (Fsp3) is 0.333. The number of nitrogens with two attached hydrogens (primary N) is 1. The van der Waals surface area contributed by atoms with Gasteiger partial charge in [-0.2, -0.15) is 0 Å². The van der Waals surface area contributed by atoms with E-state index in [9.17, 15) is 9.59 Å². The zero-order valence-electron chi connectivity index (χ0n) is 14.4. The third-order valence-corrected chi connectivity index (χ3v) is 7.02. The Hall–Kier alpha value is -2.52. The molecule has 138 valence electrons. The molecule has 2 aliphatic rings. The van der Waals surface area contributed by atoms with Crippen molar-refractivity contribution in [3.05, 3.63) is 34.8 Å². The van der Waals surface area contributed by atoms with Crippen molar-refractivity contribution in [3.63, 3.8) is 0 Å². The summed E-state index contributed by atoms with van der Waals surface area (Å²) in [5.74, 6) is -0.326. The molecular formula is C18H17N5O2S2. The van der Waals surface area contributed by atoms with E-state index in [1.54, 1.807) is 4.90 Å². The summed E-state index contributed by atoms with van der Waals surface area (Å²) in [6.45, 7) is 1.56. The predicted molar refractivity (Wildman–Crippen MR) is 106 cm³/mol. The molecule has 4 heterocycles. The molecule has 2 aliphatic heterocycles. The van der Waals surface area contributed by atoms with Gasteiger partial charge in [0.25, 0.3) is 0 Å². The molecule has 0 spiro atoms. The average Bonchev–Trinajstić information content (AvgIpc) is 3.35. The lowest BCUT2D eigenvalue weighted by Crippen LogP contribution is -2.40. The van der Waals surface area contributed by atoms with E-state index in [0.29, 0.717) is 29.9 Å². The third-order valence-electron chi connectivity index (χ3n) is 5.05. The van der Waals surface area contributed by atoms with Gasteiger partial charge in [0.05, 0.1) is 28.4 Å². The van der Waals surface area contributed by atoms with Crippen LogP contribution >= 0.6 is 22.7 Å². The normalized spacial score (nSPS) is 19.7. The van der Waals surface area contributed by atoms with Crippen molar-refractivity contribution in [2.45, 2.75) is 19.4 Å². The number of rotatable bonds is 2. The summed E-state index contributed by atoms with van der Waals surface area (Å²) >= 11 is 2.93. The molecule has 27 heavy (non-hydrogen) atoms. The van der Waals surface area contributed by atoms with Crippen LogP contribution in [0.5, 0.6) is 0 Å². The molecule has 0 saturated carbocycles. The molecule has 0 aliphatic carbocycles. The third kappa shape index (κ3) is 2.87. The lowest BCUT2D eigenvalue weighted by atomic mass is 10.1. The summed E-state index contributed by atoms with van der Waals surface area (Å²) in [5.41, 5.74) is 7.66. The Kier molecular flexibility index (Phi) is 3.87. The van der Waals surface area contributed by atoms with Crippen LogP contribution < -0.4 is 10.6 Å². The molecule has 3 aromatic rings. The Morgan fingerprint density at radius 3 is 2.93 bits per heavy atom. The fourth-order valence-corrected chi connectivity index (χ4v) is 5.58. The number of anilines is 2. The minimum absolute atomic E-state index is 0.0320. The van der Waals surface area contributed by atoms with Crippen molar-refractivity contribution in [1.29, 1.82) is 0 Å². The van der Waals surface area contributed by atoms with Crippen LogP contribution in [0.4, 0.5) is 10.3 Å². The van der Waals surface area contributed by atoms with Gasteiger partial charge in [0.15, 0.2) is 10.3 Å². The van der Waals surface area contributed by atoms with E-state index in [2.05, 4.69) is 9.97 Å². The van der Waals surface area contributed by atoms with Crippen LogP contribution in [0.2, 0.25) is 0 Å². The first kappa shape index (κ1) is 16.6. The minimum atomic E-state index is -0.323. The van der Waals surface area contributed by atoms with Crippen molar-refractivity contribution >= 4 is 55.0 Å². The molecule has 2 aromatic heterocycles. The molecule has 1 unspecified atom stereocenters. The highest BCUT2D eigenvalue weighted by molar-refractivity contribution is 7.22. The summed E-state index contributed by atoms with van der Waals surface area (Å²) in [5, 5.41) is 1.22. The Labute approximate surface area is 163 Å². The number of benzene rings is 1. The molecule has 5 rings (SSSR count). The van der Waals surface area contributed by atoms with E-state index in [1.165, 1.54) is 22.7 Å². The van der Waals surface area contributed by atoms with Gasteiger partial charge in [-0.25, -0.2) is 9.97 Å². The summed E-state index contributed by atoms with van der Waals surface area (Å²) in [6, 6.07) is 7.82. The van der Waals surface area contributed by atoms with Crippen molar-refractivity contribution < 1.29 is 9.59 Å². The molecule has 7 nitrogen and oxygen atoms in total. The number of aromatic nitrogens is 2. The van der Waals surface area contributed by atoms with E-state index in [-0.39, 0.29) is 24.2 Å². The highest BCUT2D eigenvalue weighted by Gasteiger charge is 2.39. The summed E-state index contributed by atoms with van der Waals surface area (Å²) in [4.78, 5) is 39.0. The Balaban J connectivity index is 1.33. The molecule has 1 fully saturated rings. The molecule has 0 bridgehead atoms. The number of thiazole rings is 2. The van der Waals surface area contributed by atoms with E-state index >= 15 is 0 Å². The van der Waals surface area contributed by atoms with E-state index < -0.39 is 0 Å². The SMILES string of the molecule is Nc1nc2c(s1)CN(C(=O)C1CC(=O)N(c3nc4ccccc4s3)C1)CC2. The second kappa shape index (κ2) is 6.28. The van der Waals surface area contributed by atoms with E-state index in [1.807, 2.05) is 29.2 Å². The highest BCUT2D eigenvalue weighted by Crippen LogP contribution is 2.34. The van der Waals surface area contributed by atoms with E-state index in [0.717, 1.165) is 27.2 Å². The lowest BCUT2D eigenvalue weighted by Gasteiger charge is -2.28. The zero-order valence-corrected chi connectivity index (χ0v) is 16.1. The summed E-state index contributed by atoms with van der Waals surface area (Å²) in [7, 11) is 0. The molecule has 9 heteroatoms. The number of nitrogens with zero attached hydrogens (tertiary/aromatic N) is 4. The van der Waals surface area contributed by atoms with Gasteiger partial charge < -0.3 is 10.6 Å². The first-order valence-corrected chi connectivity index (χ1v) is 10.4. The quantitative estimate of drug-likeness (QED) is 0.714. The van der Waals surface area contributed by atoms with Gasteiger partial charge in [-0.3, -0.25) is 14.5 Å². The van der Waals surface area contributed by atoms with Crippen molar-refractivity contribution in [2.75, 3.05) is 23.7 Å². The van der Waals surface area contributed by atoms with Crippen LogP contribution in [-0.4, -0.2) is 39.8 Å². The molecule has 2 amide bonds. The number of fused-ring (bicyclic) bond motifs is 2. The first-order chi connectivity index (χ1) is 13.1. The van der Waals surface area contributed by atoms with Gasteiger partial charge in [0.2, 0.25) is 11.8 Å². The van der Waals surface area contributed by atoms with Crippen molar-refractivity contribution in [1.82, 2.24) is 14.9 Å². The number of amides is 2. The lowest BCUT2D eigenvalue weighted by molar-refractivity contribution is -0.136. The Bertz CT molecular complexity index is 1030. The summed E-state index contributed by atoms with van der Waals surface area (Å²) < 4.78 is 1.04. The first-order valence-electron chi connectivity index (χ1n) is 8.77. The van der Waals surface area contributed by atoms with Crippen LogP contribution in [0.15, 0.2) is 24.3 Å².